The normalized spacial score (nSPS) is 12.0. The summed E-state index contributed by atoms with van der Waals surface area (Å²) in [7, 11) is 2.99. The molecule has 31 heavy (non-hydrogen) atoms. The number of ether oxygens (including phenoxy) is 2. The van der Waals surface area contributed by atoms with Crippen LogP contribution >= 0.6 is 11.3 Å². The second-order valence-corrected chi connectivity index (χ2v) is 7.51. The first-order valence-electron chi connectivity index (χ1n) is 9.31. The fraction of sp³-hybridized carbons (Fsp3) is 0.182. The molecule has 2 aromatic heterocycles. The van der Waals surface area contributed by atoms with Gasteiger partial charge in [-0.3, -0.25) is 4.79 Å². The van der Waals surface area contributed by atoms with E-state index < -0.39 is 12.0 Å². The van der Waals surface area contributed by atoms with Crippen LogP contribution in [0.2, 0.25) is 0 Å². The molecule has 1 unspecified atom stereocenters. The summed E-state index contributed by atoms with van der Waals surface area (Å²) >= 11 is 1.28. The van der Waals surface area contributed by atoms with Crippen molar-refractivity contribution >= 4 is 27.3 Å². The molecule has 4 rings (SSSR count). The number of carbonyl (C=O) groups excluding carboxylic acids is 1. The summed E-state index contributed by atoms with van der Waals surface area (Å²) < 4.78 is 30.2. The average Bonchev–Trinajstić information content (AvgIpc) is 3.44. The molecular formula is C22H19FN2O5S. The Morgan fingerprint density at radius 2 is 2.06 bits per heavy atom. The SMILES string of the molecule is COc1ccc(C(=O)NCC(O)c2nc(-c3csc4c(F)cccc34)co2)cc1OC. The van der Waals surface area contributed by atoms with Crippen LogP contribution in [0.1, 0.15) is 22.4 Å². The van der Waals surface area contributed by atoms with Crippen molar-refractivity contribution in [2.75, 3.05) is 20.8 Å². The van der Waals surface area contributed by atoms with E-state index in [9.17, 15) is 14.3 Å². The van der Waals surface area contributed by atoms with Crippen molar-refractivity contribution < 1.29 is 28.2 Å². The maximum atomic E-state index is 13.9. The van der Waals surface area contributed by atoms with Gasteiger partial charge in [-0.1, -0.05) is 12.1 Å². The number of nitrogens with zero attached hydrogens (tertiary/aromatic N) is 1. The van der Waals surface area contributed by atoms with Crippen molar-refractivity contribution in [2.24, 2.45) is 0 Å². The van der Waals surface area contributed by atoms with E-state index in [4.69, 9.17) is 13.9 Å². The summed E-state index contributed by atoms with van der Waals surface area (Å²) in [4.78, 5) is 16.7. The van der Waals surface area contributed by atoms with Gasteiger partial charge in [-0.15, -0.1) is 11.3 Å². The van der Waals surface area contributed by atoms with Crippen molar-refractivity contribution in [2.45, 2.75) is 6.10 Å². The Kier molecular flexibility index (Phi) is 5.88. The van der Waals surface area contributed by atoms with E-state index in [1.807, 2.05) is 0 Å². The number of hydrogen-bond donors (Lipinski definition) is 2. The maximum Gasteiger partial charge on any atom is 0.251 e. The standard InChI is InChI=1S/C22H19FN2O5S/c1-28-18-7-6-12(8-19(18)29-2)21(27)24-9-17(26)22-25-16(10-30-22)14-11-31-20-13(14)4-3-5-15(20)23/h3-8,10-11,17,26H,9H2,1-2H3,(H,24,27). The third kappa shape index (κ3) is 4.10. The molecule has 0 aliphatic heterocycles. The first kappa shape index (κ1) is 20.8. The third-order valence-corrected chi connectivity index (χ3v) is 5.74. The molecule has 2 N–H and O–H groups in total. The maximum absolute atomic E-state index is 13.9. The van der Waals surface area contributed by atoms with Gasteiger partial charge < -0.3 is 24.3 Å². The average molecular weight is 442 g/mol. The molecule has 0 radical (unpaired) electrons. The molecule has 7 nitrogen and oxygen atoms in total. The molecule has 0 aliphatic carbocycles. The van der Waals surface area contributed by atoms with E-state index in [-0.39, 0.29) is 18.3 Å². The predicted molar refractivity (Wildman–Crippen MR) is 114 cm³/mol. The summed E-state index contributed by atoms with van der Waals surface area (Å²) in [6.45, 7) is -0.105. The Morgan fingerprint density at radius 1 is 1.26 bits per heavy atom. The predicted octanol–water partition coefficient (Wildman–Crippen LogP) is 4.18. The van der Waals surface area contributed by atoms with E-state index in [0.717, 1.165) is 10.9 Å². The highest BCUT2D eigenvalue weighted by Crippen LogP contribution is 2.35. The molecule has 0 saturated heterocycles. The summed E-state index contributed by atoms with van der Waals surface area (Å²) in [6, 6.07) is 9.60. The van der Waals surface area contributed by atoms with Crippen molar-refractivity contribution in [3.05, 3.63) is 65.3 Å². The summed E-state index contributed by atoms with van der Waals surface area (Å²) in [5, 5.41) is 15.5. The Hall–Kier alpha value is -3.43. The zero-order valence-electron chi connectivity index (χ0n) is 16.7. The zero-order valence-corrected chi connectivity index (χ0v) is 17.5. The lowest BCUT2D eigenvalue weighted by atomic mass is 10.1. The van der Waals surface area contributed by atoms with E-state index in [1.54, 1.807) is 35.7 Å². The molecule has 2 heterocycles. The van der Waals surface area contributed by atoms with E-state index in [0.29, 0.717) is 27.5 Å². The molecule has 160 valence electrons. The van der Waals surface area contributed by atoms with Crippen LogP contribution in [0.15, 0.2) is 52.5 Å². The number of fused-ring (bicyclic) bond motifs is 1. The van der Waals surface area contributed by atoms with Gasteiger partial charge in [0.25, 0.3) is 5.91 Å². The molecule has 1 amide bonds. The number of nitrogens with one attached hydrogen (secondary N) is 1. The highest BCUT2D eigenvalue weighted by molar-refractivity contribution is 7.17. The first-order chi connectivity index (χ1) is 15.0. The Balaban J connectivity index is 1.45. The number of carbonyl (C=O) groups is 1. The zero-order chi connectivity index (χ0) is 22.0. The van der Waals surface area contributed by atoms with Crippen LogP contribution in [0.25, 0.3) is 21.3 Å². The Labute approximate surface area is 181 Å². The second-order valence-electron chi connectivity index (χ2n) is 6.63. The number of oxazole rings is 1. The van der Waals surface area contributed by atoms with E-state index in [2.05, 4.69) is 10.3 Å². The number of amides is 1. The van der Waals surface area contributed by atoms with Crippen LogP contribution in [0.3, 0.4) is 0 Å². The second kappa shape index (κ2) is 8.75. The monoisotopic (exact) mass is 442 g/mol. The number of aliphatic hydroxyl groups excluding tert-OH is 1. The van der Waals surface area contributed by atoms with Gasteiger partial charge in [-0.2, -0.15) is 0 Å². The molecular weight excluding hydrogens is 423 g/mol. The smallest absolute Gasteiger partial charge is 0.251 e. The van der Waals surface area contributed by atoms with Gasteiger partial charge in [0.2, 0.25) is 5.89 Å². The number of benzene rings is 2. The molecule has 2 aromatic carbocycles. The van der Waals surface area contributed by atoms with Crippen LogP contribution in [0.4, 0.5) is 4.39 Å². The van der Waals surface area contributed by atoms with Gasteiger partial charge in [0, 0.05) is 21.9 Å². The molecule has 4 aromatic rings. The lowest BCUT2D eigenvalue weighted by molar-refractivity contribution is 0.0895. The number of aliphatic hydroxyl groups is 1. The largest absolute Gasteiger partial charge is 0.493 e. The fourth-order valence-corrected chi connectivity index (χ4v) is 4.11. The Bertz CT molecular complexity index is 1240. The summed E-state index contributed by atoms with van der Waals surface area (Å²) in [5.41, 5.74) is 1.55. The molecule has 9 heteroatoms. The van der Waals surface area contributed by atoms with Crippen LogP contribution in [0, 0.1) is 5.82 Å². The minimum atomic E-state index is -1.15. The lowest BCUT2D eigenvalue weighted by Gasteiger charge is -2.11. The highest BCUT2D eigenvalue weighted by atomic mass is 32.1. The molecule has 0 saturated carbocycles. The minimum Gasteiger partial charge on any atom is -0.493 e. The number of rotatable bonds is 7. The topological polar surface area (TPSA) is 93.8 Å². The van der Waals surface area contributed by atoms with Crippen LogP contribution < -0.4 is 14.8 Å². The molecule has 0 aliphatic rings. The van der Waals surface area contributed by atoms with Crippen LogP contribution in [0.5, 0.6) is 11.5 Å². The minimum absolute atomic E-state index is 0.0540. The van der Waals surface area contributed by atoms with Crippen LogP contribution in [-0.4, -0.2) is 36.8 Å². The third-order valence-electron chi connectivity index (χ3n) is 4.74. The fourth-order valence-electron chi connectivity index (χ4n) is 3.14. The number of thiophene rings is 1. The van der Waals surface area contributed by atoms with Gasteiger partial charge >= 0.3 is 0 Å². The van der Waals surface area contributed by atoms with Gasteiger partial charge in [0.05, 0.1) is 25.5 Å². The molecule has 0 fully saturated rings. The quantitative estimate of drug-likeness (QED) is 0.446. The van der Waals surface area contributed by atoms with Crippen molar-refractivity contribution in [1.29, 1.82) is 0 Å². The number of aromatic nitrogens is 1. The van der Waals surface area contributed by atoms with E-state index in [1.165, 1.54) is 37.9 Å². The summed E-state index contributed by atoms with van der Waals surface area (Å²) in [5.74, 6) is 0.291. The van der Waals surface area contributed by atoms with Crippen LogP contribution in [-0.2, 0) is 0 Å². The van der Waals surface area contributed by atoms with Gasteiger partial charge in [0.15, 0.2) is 11.5 Å². The van der Waals surface area contributed by atoms with Crippen molar-refractivity contribution in [3.63, 3.8) is 0 Å². The molecule has 0 bridgehead atoms. The summed E-state index contributed by atoms with van der Waals surface area (Å²) in [6.07, 6.45) is 0.251. The Morgan fingerprint density at radius 3 is 2.84 bits per heavy atom. The van der Waals surface area contributed by atoms with Crippen molar-refractivity contribution in [3.8, 4) is 22.8 Å². The van der Waals surface area contributed by atoms with Gasteiger partial charge in [0.1, 0.15) is 23.9 Å². The molecule has 0 spiro atoms. The van der Waals surface area contributed by atoms with Gasteiger partial charge in [-0.05, 0) is 24.3 Å². The first-order valence-corrected chi connectivity index (χ1v) is 10.2. The number of hydrogen-bond acceptors (Lipinski definition) is 7. The highest BCUT2D eigenvalue weighted by Gasteiger charge is 2.19. The molecule has 1 atom stereocenters. The number of halogens is 1. The van der Waals surface area contributed by atoms with Crippen molar-refractivity contribution in [1.82, 2.24) is 10.3 Å². The van der Waals surface area contributed by atoms with E-state index >= 15 is 0 Å². The van der Waals surface area contributed by atoms with Gasteiger partial charge in [-0.25, -0.2) is 9.37 Å². The number of methoxy groups -OCH3 is 2. The lowest BCUT2D eigenvalue weighted by Crippen LogP contribution is -2.28.